The second-order valence-electron chi connectivity index (χ2n) is 7.32. The van der Waals surface area contributed by atoms with E-state index in [9.17, 15) is 13.2 Å². The van der Waals surface area contributed by atoms with Crippen LogP contribution in [0.3, 0.4) is 0 Å². The molecule has 1 atom stereocenters. The topological polar surface area (TPSA) is 75.7 Å². The van der Waals surface area contributed by atoms with Crippen LogP contribution in [0, 0.1) is 0 Å². The molecule has 0 aliphatic carbocycles. The van der Waals surface area contributed by atoms with Crippen molar-refractivity contribution in [3.05, 3.63) is 59.7 Å². The quantitative estimate of drug-likeness (QED) is 0.717. The van der Waals surface area contributed by atoms with Crippen molar-refractivity contribution in [3.63, 3.8) is 0 Å². The first-order valence-electron chi connectivity index (χ1n) is 9.92. The van der Waals surface area contributed by atoms with Crippen molar-refractivity contribution in [3.8, 4) is 5.75 Å². The van der Waals surface area contributed by atoms with Crippen LogP contribution >= 0.6 is 0 Å². The first-order chi connectivity index (χ1) is 13.9. The number of rotatable bonds is 8. The maximum atomic E-state index is 12.6. The zero-order chi connectivity index (χ0) is 20.9. The molecule has 0 aromatic heterocycles. The van der Waals surface area contributed by atoms with Crippen LogP contribution in [0.1, 0.15) is 43.4 Å². The largest absolute Gasteiger partial charge is 0.497 e. The van der Waals surface area contributed by atoms with Crippen molar-refractivity contribution in [1.29, 1.82) is 0 Å². The number of nitrogens with one attached hydrogen (secondary N) is 1. The molecule has 2 aromatic rings. The second-order valence-corrected chi connectivity index (χ2v) is 9.26. The first kappa shape index (κ1) is 21.3. The predicted molar refractivity (Wildman–Crippen MR) is 112 cm³/mol. The fourth-order valence-corrected chi connectivity index (χ4v) is 4.97. The third-order valence-electron chi connectivity index (χ3n) is 5.26. The molecule has 1 fully saturated rings. The lowest BCUT2D eigenvalue weighted by Crippen LogP contribution is -2.27. The highest BCUT2D eigenvalue weighted by Gasteiger charge is 2.26. The van der Waals surface area contributed by atoms with Crippen LogP contribution in [0.25, 0.3) is 0 Å². The fraction of sp³-hybridized carbons (Fsp3) is 0.409. The van der Waals surface area contributed by atoms with E-state index in [0.29, 0.717) is 30.8 Å². The number of aryl methyl sites for hydroxylation is 1. The normalized spacial score (nSPS) is 15.8. The first-order valence-corrected chi connectivity index (χ1v) is 11.4. The molecule has 0 saturated carbocycles. The van der Waals surface area contributed by atoms with E-state index in [-0.39, 0.29) is 11.9 Å². The number of hydrogen-bond acceptors (Lipinski definition) is 4. The number of methoxy groups -OCH3 is 1. The highest BCUT2D eigenvalue weighted by atomic mass is 32.2. The van der Waals surface area contributed by atoms with E-state index in [1.54, 1.807) is 31.4 Å². The molecular weight excluding hydrogens is 388 g/mol. The van der Waals surface area contributed by atoms with E-state index in [1.165, 1.54) is 4.31 Å². The van der Waals surface area contributed by atoms with E-state index < -0.39 is 10.0 Å². The van der Waals surface area contributed by atoms with Gasteiger partial charge in [-0.3, -0.25) is 4.79 Å². The van der Waals surface area contributed by atoms with Crippen LogP contribution < -0.4 is 10.1 Å². The minimum Gasteiger partial charge on any atom is -0.497 e. The SMILES string of the molecule is COc1ccc([C@@H](C)NC(=O)CCc2ccc(S(=O)(=O)N3CCCC3)cc2)cc1. The van der Waals surface area contributed by atoms with Crippen molar-refractivity contribution < 1.29 is 17.9 Å². The van der Waals surface area contributed by atoms with Crippen LogP contribution in [-0.2, 0) is 21.2 Å². The highest BCUT2D eigenvalue weighted by Crippen LogP contribution is 2.21. The van der Waals surface area contributed by atoms with Gasteiger partial charge in [-0.05, 0) is 61.6 Å². The van der Waals surface area contributed by atoms with Gasteiger partial charge >= 0.3 is 0 Å². The van der Waals surface area contributed by atoms with Gasteiger partial charge in [-0.1, -0.05) is 24.3 Å². The molecule has 0 unspecified atom stereocenters. The lowest BCUT2D eigenvalue weighted by atomic mass is 10.1. The molecule has 0 bridgehead atoms. The van der Waals surface area contributed by atoms with E-state index in [2.05, 4.69) is 5.32 Å². The molecule has 1 saturated heterocycles. The Bertz CT molecular complexity index is 918. The molecule has 1 aliphatic rings. The fourth-order valence-electron chi connectivity index (χ4n) is 3.45. The predicted octanol–water partition coefficient (Wildman–Crippen LogP) is 3.29. The average molecular weight is 417 g/mol. The number of amides is 1. The molecule has 1 N–H and O–H groups in total. The van der Waals surface area contributed by atoms with Gasteiger partial charge in [0.15, 0.2) is 0 Å². The van der Waals surface area contributed by atoms with Crippen molar-refractivity contribution in [2.75, 3.05) is 20.2 Å². The molecule has 3 rings (SSSR count). The van der Waals surface area contributed by atoms with E-state index >= 15 is 0 Å². The summed E-state index contributed by atoms with van der Waals surface area (Å²) in [4.78, 5) is 12.6. The molecule has 1 heterocycles. The van der Waals surface area contributed by atoms with E-state index in [0.717, 1.165) is 29.7 Å². The molecule has 1 amide bonds. The van der Waals surface area contributed by atoms with Crippen LogP contribution in [0.5, 0.6) is 5.75 Å². The zero-order valence-corrected chi connectivity index (χ0v) is 17.7. The van der Waals surface area contributed by atoms with Crippen molar-refractivity contribution in [2.24, 2.45) is 0 Å². The van der Waals surface area contributed by atoms with Gasteiger partial charge in [0.1, 0.15) is 5.75 Å². The summed E-state index contributed by atoms with van der Waals surface area (Å²) < 4.78 is 31.8. The standard InChI is InChI=1S/C22H28N2O4S/c1-17(19-8-10-20(28-2)11-9-19)23-22(25)14-7-18-5-12-21(13-6-18)29(26,27)24-15-3-4-16-24/h5-6,8-13,17H,3-4,7,14-16H2,1-2H3,(H,23,25)/t17-/m1/s1. The van der Waals surface area contributed by atoms with E-state index in [4.69, 9.17) is 4.74 Å². The summed E-state index contributed by atoms with van der Waals surface area (Å²) in [6.45, 7) is 3.13. The van der Waals surface area contributed by atoms with Gasteiger partial charge in [-0.2, -0.15) is 4.31 Å². The van der Waals surface area contributed by atoms with Gasteiger partial charge < -0.3 is 10.1 Å². The van der Waals surface area contributed by atoms with Gasteiger partial charge in [0.05, 0.1) is 18.0 Å². The summed E-state index contributed by atoms with van der Waals surface area (Å²) in [5.74, 6) is 0.740. The Labute approximate surface area is 172 Å². The Morgan fingerprint density at radius 2 is 1.69 bits per heavy atom. The number of benzene rings is 2. The summed E-state index contributed by atoms with van der Waals surface area (Å²) in [6.07, 6.45) is 2.74. The second kappa shape index (κ2) is 9.41. The van der Waals surface area contributed by atoms with Crippen molar-refractivity contribution >= 4 is 15.9 Å². The number of ether oxygens (including phenoxy) is 1. The number of nitrogens with zero attached hydrogens (tertiary/aromatic N) is 1. The summed E-state index contributed by atoms with van der Waals surface area (Å²) in [5.41, 5.74) is 1.95. The molecule has 7 heteroatoms. The Balaban J connectivity index is 1.52. The summed E-state index contributed by atoms with van der Waals surface area (Å²) in [7, 11) is -1.77. The minimum absolute atomic E-state index is 0.0397. The van der Waals surface area contributed by atoms with Crippen molar-refractivity contribution in [2.45, 2.75) is 43.5 Å². The smallest absolute Gasteiger partial charge is 0.243 e. The Morgan fingerprint density at radius 3 is 2.28 bits per heavy atom. The molecular formula is C22H28N2O4S. The van der Waals surface area contributed by atoms with Crippen LogP contribution in [0.4, 0.5) is 0 Å². The van der Waals surface area contributed by atoms with Gasteiger partial charge in [0, 0.05) is 19.5 Å². The number of carbonyl (C=O) groups excluding carboxylic acids is 1. The summed E-state index contributed by atoms with van der Waals surface area (Å²) in [6, 6.07) is 14.4. The van der Waals surface area contributed by atoms with Crippen molar-refractivity contribution in [1.82, 2.24) is 9.62 Å². The van der Waals surface area contributed by atoms with E-state index in [1.807, 2.05) is 31.2 Å². The number of sulfonamides is 1. The molecule has 29 heavy (non-hydrogen) atoms. The molecule has 6 nitrogen and oxygen atoms in total. The monoisotopic (exact) mass is 416 g/mol. The van der Waals surface area contributed by atoms with Crippen LogP contribution in [0.15, 0.2) is 53.4 Å². The maximum absolute atomic E-state index is 12.6. The summed E-state index contributed by atoms with van der Waals surface area (Å²) >= 11 is 0. The van der Waals surface area contributed by atoms with Crippen LogP contribution in [-0.4, -0.2) is 38.8 Å². The maximum Gasteiger partial charge on any atom is 0.243 e. The minimum atomic E-state index is -3.39. The Morgan fingerprint density at radius 1 is 1.07 bits per heavy atom. The molecule has 0 spiro atoms. The van der Waals surface area contributed by atoms with Gasteiger partial charge in [-0.25, -0.2) is 8.42 Å². The third-order valence-corrected chi connectivity index (χ3v) is 7.17. The molecule has 1 aliphatic heterocycles. The van der Waals surface area contributed by atoms with Gasteiger partial charge in [0.2, 0.25) is 15.9 Å². The lowest BCUT2D eigenvalue weighted by Gasteiger charge is -2.16. The van der Waals surface area contributed by atoms with Gasteiger partial charge in [-0.15, -0.1) is 0 Å². The Kier molecular flexibility index (Phi) is 6.92. The zero-order valence-electron chi connectivity index (χ0n) is 16.9. The average Bonchev–Trinajstić information content (AvgIpc) is 3.28. The van der Waals surface area contributed by atoms with Crippen LogP contribution in [0.2, 0.25) is 0 Å². The molecule has 2 aromatic carbocycles. The molecule has 156 valence electrons. The lowest BCUT2D eigenvalue weighted by molar-refractivity contribution is -0.121. The third kappa shape index (κ3) is 5.36. The number of hydrogen-bond donors (Lipinski definition) is 1. The summed E-state index contributed by atoms with van der Waals surface area (Å²) in [5, 5.41) is 2.99. The van der Waals surface area contributed by atoms with Gasteiger partial charge in [0.25, 0.3) is 0 Å². The highest BCUT2D eigenvalue weighted by molar-refractivity contribution is 7.89. The Hall–Kier alpha value is -2.38. The number of carbonyl (C=O) groups is 1. The molecule has 0 radical (unpaired) electrons.